The third-order valence-corrected chi connectivity index (χ3v) is 2.49. The van der Waals surface area contributed by atoms with Crippen molar-refractivity contribution in [1.82, 2.24) is 10.3 Å². The molecule has 0 aliphatic carbocycles. The SMILES string of the molecule is CC(CO)NC(=O)c1nc(Cl)cs1. The van der Waals surface area contributed by atoms with Crippen molar-refractivity contribution < 1.29 is 9.90 Å². The molecule has 0 aromatic carbocycles. The maximum absolute atomic E-state index is 11.3. The molecule has 1 rings (SSSR count). The Morgan fingerprint density at radius 3 is 3.08 bits per heavy atom. The van der Waals surface area contributed by atoms with Crippen LogP contribution in [0.25, 0.3) is 0 Å². The first-order valence-electron chi connectivity index (χ1n) is 3.66. The second-order valence-corrected chi connectivity index (χ2v) is 3.78. The first-order chi connectivity index (χ1) is 6.13. The normalized spacial score (nSPS) is 12.5. The highest BCUT2D eigenvalue weighted by atomic mass is 35.5. The zero-order chi connectivity index (χ0) is 9.84. The molecule has 1 heterocycles. The van der Waals surface area contributed by atoms with Gasteiger partial charge in [0.15, 0.2) is 5.01 Å². The van der Waals surface area contributed by atoms with E-state index < -0.39 is 0 Å². The van der Waals surface area contributed by atoms with Crippen LogP contribution in [-0.2, 0) is 0 Å². The summed E-state index contributed by atoms with van der Waals surface area (Å²) >= 11 is 6.72. The number of aromatic nitrogens is 1. The maximum atomic E-state index is 11.3. The van der Waals surface area contributed by atoms with Gasteiger partial charge in [-0.05, 0) is 6.92 Å². The van der Waals surface area contributed by atoms with Gasteiger partial charge < -0.3 is 10.4 Å². The molecule has 0 spiro atoms. The number of halogens is 1. The van der Waals surface area contributed by atoms with Gasteiger partial charge in [-0.1, -0.05) is 11.6 Å². The quantitative estimate of drug-likeness (QED) is 0.796. The summed E-state index contributed by atoms with van der Waals surface area (Å²) in [5.41, 5.74) is 0. The number of nitrogens with zero attached hydrogens (tertiary/aromatic N) is 1. The van der Waals surface area contributed by atoms with Gasteiger partial charge in [0.25, 0.3) is 5.91 Å². The van der Waals surface area contributed by atoms with E-state index in [0.29, 0.717) is 10.2 Å². The Labute approximate surface area is 84.6 Å². The van der Waals surface area contributed by atoms with Crippen LogP contribution in [0.5, 0.6) is 0 Å². The first kappa shape index (κ1) is 10.4. The predicted octanol–water partition coefficient (Wildman–Crippen LogP) is 0.907. The van der Waals surface area contributed by atoms with Crippen LogP contribution in [0.3, 0.4) is 0 Å². The highest BCUT2D eigenvalue weighted by Gasteiger charge is 2.12. The van der Waals surface area contributed by atoms with Crippen LogP contribution < -0.4 is 5.32 Å². The van der Waals surface area contributed by atoms with Crippen LogP contribution in [0.4, 0.5) is 0 Å². The Balaban J connectivity index is 2.58. The molecule has 72 valence electrons. The molecule has 1 unspecified atom stereocenters. The van der Waals surface area contributed by atoms with E-state index in [1.54, 1.807) is 12.3 Å². The maximum Gasteiger partial charge on any atom is 0.280 e. The second kappa shape index (κ2) is 4.55. The molecule has 6 heteroatoms. The summed E-state index contributed by atoms with van der Waals surface area (Å²) in [6, 6.07) is -0.268. The van der Waals surface area contributed by atoms with Gasteiger partial charge in [-0.25, -0.2) is 4.98 Å². The average Bonchev–Trinajstić information content (AvgIpc) is 2.51. The van der Waals surface area contributed by atoms with Gasteiger partial charge in [-0.15, -0.1) is 11.3 Å². The fourth-order valence-electron chi connectivity index (χ4n) is 0.690. The van der Waals surface area contributed by atoms with E-state index in [4.69, 9.17) is 16.7 Å². The number of nitrogens with one attached hydrogen (secondary N) is 1. The van der Waals surface area contributed by atoms with Crippen molar-refractivity contribution in [3.63, 3.8) is 0 Å². The van der Waals surface area contributed by atoms with Crippen molar-refractivity contribution in [1.29, 1.82) is 0 Å². The molecule has 1 amide bonds. The Morgan fingerprint density at radius 1 is 1.92 bits per heavy atom. The van der Waals surface area contributed by atoms with E-state index in [-0.39, 0.29) is 18.6 Å². The Kier molecular flexibility index (Phi) is 3.65. The van der Waals surface area contributed by atoms with Crippen LogP contribution in [0.1, 0.15) is 16.7 Å². The highest BCUT2D eigenvalue weighted by Crippen LogP contribution is 2.13. The van der Waals surface area contributed by atoms with Crippen LogP contribution in [0, 0.1) is 0 Å². The number of rotatable bonds is 3. The van der Waals surface area contributed by atoms with Crippen molar-refractivity contribution in [2.45, 2.75) is 13.0 Å². The molecule has 0 aliphatic heterocycles. The minimum atomic E-state index is -0.307. The van der Waals surface area contributed by atoms with Crippen LogP contribution >= 0.6 is 22.9 Å². The number of aliphatic hydroxyl groups is 1. The minimum Gasteiger partial charge on any atom is -0.394 e. The fourth-order valence-corrected chi connectivity index (χ4v) is 1.54. The molecule has 0 aliphatic rings. The number of aliphatic hydroxyl groups excluding tert-OH is 1. The summed E-state index contributed by atoms with van der Waals surface area (Å²) in [5, 5.41) is 13.4. The average molecular weight is 221 g/mol. The van der Waals surface area contributed by atoms with E-state index >= 15 is 0 Å². The number of hydrogen-bond donors (Lipinski definition) is 2. The number of carbonyl (C=O) groups excluding carboxylic acids is 1. The first-order valence-corrected chi connectivity index (χ1v) is 4.92. The smallest absolute Gasteiger partial charge is 0.280 e. The number of carbonyl (C=O) groups is 1. The Hall–Kier alpha value is -0.650. The largest absolute Gasteiger partial charge is 0.394 e. The zero-order valence-electron chi connectivity index (χ0n) is 6.95. The molecule has 13 heavy (non-hydrogen) atoms. The molecule has 0 saturated carbocycles. The lowest BCUT2D eigenvalue weighted by molar-refractivity contribution is 0.0922. The van der Waals surface area contributed by atoms with E-state index in [9.17, 15) is 4.79 Å². The number of amides is 1. The third kappa shape index (κ3) is 2.95. The van der Waals surface area contributed by atoms with Crippen LogP contribution in [0.15, 0.2) is 5.38 Å². The van der Waals surface area contributed by atoms with E-state index in [1.807, 2.05) is 0 Å². The van der Waals surface area contributed by atoms with Crippen molar-refractivity contribution >= 4 is 28.8 Å². The standard InChI is InChI=1S/C7H9ClN2O2S/c1-4(2-11)9-6(12)7-10-5(8)3-13-7/h3-4,11H,2H2,1H3,(H,9,12). The summed E-state index contributed by atoms with van der Waals surface area (Å²) in [7, 11) is 0. The molecule has 0 radical (unpaired) electrons. The van der Waals surface area contributed by atoms with Gasteiger partial charge in [-0.2, -0.15) is 0 Å². The summed E-state index contributed by atoms with van der Waals surface area (Å²) in [4.78, 5) is 15.1. The number of thiazole rings is 1. The lowest BCUT2D eigenvalue weighted by Crippen LogP contribution is -2.34. The summed E-state index contributed by atoms with van der Waals surface area (Å²) in [6.45, 7) is 1.61. The van der Waals surface area contributed by atoms with Crippen molar-refractivity contribution in [3.05, 3.63) is 15.5 Å². The van der Waals surface area contributed by atoms with Crippen molar-refractivity contribution in [3.8, 4) is 0 Å². The van der Waals surface area contributed by atoms with Crippen molar-refractivity contribution in [2.24, 2.45) is 0 Å². The second-order valence-electron chi connectivity index (χ2n) is 2.53. The lowest BCUT2D eigenvalue weighted by atomic mass is 10.3. The molecular weight excluding hydrogens is 212 g/mol. The third-order valence-electron chi connectivity index (χ3n) is 1.32. The molecule has 1 aromatic rings. The summed E-state index contributed by atoms with van der Waals surface area (Å²) < 4.78 is 0. The van der Waals surface area contributed by atoms with Gasteiger partial charge in [0.1, 0.15) is 5.15 Å². The fraction of sp³-hybridized carbons (Fsp3) is 0.429. The van der Waals surface area contributed by atoms with Crippen LogP contribution in [0.2, 0.25) is 5.15 Å². The minimum absolute atomic E-state index is 0.0924. The van der Waals surface area contributed by atoms with Crippen molar-refractivity contribution in [2.75, 3.05) is 6.61 Å². The van der Waals surface area contributed by atoms with E-state index in [2.05, 4.69) is 10.3 Å². The monoisotopic (exact) mass is 220 g/mol. The Bertz CT molecular complexity index is 302. The van der Waals surface area contributed by atoms with Gasteiger partial charge in [0, 0.05) is 11.4 Å². The predicted molar refractivity (Wildman–Crippen MR) is 51.1 cm³/mol. The molecule has 1 atom stereocenters. The summed E-state index contributed by atoms with van der Waals surface area (Å²) in [5.74, 6) is -0.307. The van der Waals surface area contributed by atoms with Crippen LogP contribution in [-0.4, -0.2) is 28.6 Å². The Morgan fingerprint density at radius 2 is 2.62 bits per heavy atom. The number of hydrogen-bond acceptors (Lipinski definition) is 4. The zero-order valence-corrected chi connectivity index (χ0v) is 8.52. The van der Waals surface area contributed by atoms with Gasteiger partial charge in [0.05, 0.1) is 6.61 Å². The van der Waals surface area contributed by atoms with Gasteiger partial charge in [-0.3, -0.25) is 4.79 Å². The topological polar surface area (TPSA) is 62.2 Å². The summed E-state index contributed by atoms with van der Waals surface area (Å²) in [6.07, 6.45) is 0. The van der Waals surface area contributed by atoms with Gasteiger partial charge >= 0.3 is 0 Å². The van der Waals surface area contributed by atoms with E-state index in [1.165, 1.54) is 11.3 Å². The molecule has 2 N–H and O–H groups in total. The molecule has 0 fully saturated rings. The molecule has 4 nitrogen and oxygen atoms in total. The van der Waals surface area contributed by atoms with Gasteiger partial charge in [0.2, 0.25) is 0 Å². The molecule has 1 aromatic heterocycles. The molecule has 0 saturated heterocycles. The molecular formula is C7H9ClN2O2S. The molecule has 0 bridgehead atoms. The van der Waals surface area contributed by atoms with E-state index in [0.717, 1.165) is 0 Å². The lowest BCUT2D eigenvalue weighted by Gasteiger charge is -2.08. The highest BCUT2D eigenvalue weighted by molar-refractivity contribution is 7.12.